The van der Waals surface area contributed by atoms with Crippen LogP contribution in [0.5, 0.6) is 5.75 Å². The number of halogens is 5. The molecular formula is C13H9Cl2F3N4O2. The number of carbonyl (C=O) groups excluding carboxylic acids is 1. The molecule has 0 aliphatic rings. The number of amides is 2. The van der Waals surface area contributed by atoms with Crippen LogP contribution in [0, 0.1) is 6.92 Å². The number of urea groups is 1. The van der Waals surface area contributed by atoms with Crippen molar-refractivity contribution in [1.29, 1.82) is 0 Å². The maximum Gasteiger partial charge on any atom is 0.573 e. The number of nitrogens with zero attached hydrogens (tertiary/aromatic N) is 2. The number of carbonyl (C=O) groups is 1. The first-order valence-corrected chi connectivity index (χ1v) is 7.02. The predicted octanol–water partition coefficient (Wildman–Crippen LogP) is 4.63. The summed E-state index contributed by atoms with van der Waals surface area (Å²) in [5.41, 5.74) is 0.688. The van der Waals surface area contributed by atoms with E-state index < -0.39 is 18.1 Å². The van der Waals surface area contributed by atoms with E-state index in [0.717, 1.165) is 12.1 Å². The molecule has 2 aromatic rings. The van der Waals surface area contributed by atoms with Gasteiger partial charge in [0.1, 0.15) is 10.9 Å². The molecule has 0 spiro atoms. The van der Waals surface area contributed by atoms with Gasteiger partial charge >= 0.3 is 12.4 Å². The lowest BCUT2D eigenvalue weighted by atomic mass is 10.3. The number of benzene rings is 1. The number of hydrogen-bond donors (Lipinski definition) is 2. The molecule has 0 atom stereocenters. The second-order valence-electron chi connectivity index (χ2n) is 4.43. The van der Waals surface area contributed by atoms with Gasteiger partial charge in [-0.3, -0.25) is 5.32 Å². The van der Waals surface area contributed by atoms with E-state index in [2.05, 4.69) is 25.3 Å². The highest BCUT2D eigenvalue weighted by molar-refractivity contribution is 6.32. The summed E-state index contributed by atoms with van der Waals surface area (Å²) in [7, 11) is 0. The Balaban J connectivity index is 2.05. The molecule has 0 aliphatic carbocycles. The smallest absolute Gasteiger partial charge is 0.404 e. The van der Waals surface area contributed by atoms with E-state index in [9.17, 15) is 18.0 Å². The van der Waals surface area contributed by atoms with Gasteiger partial charge < -0.3 is 10.1 Å². The fourth-order valence-corrected chi connectivity index (χ4v) is 2.09. The van der Waals surface area contributed by atoms with Gasteiger partial charge in [0, 0.05) is 11.4 Å². The summed E-state index contributed by atoms with van der Waals surface area (Å²) in [5.74, 6) is -0.607. The minimum absolute atomic E-state index is 0.0272. The largest absolute Gasteiger partial charge is 0.573 e. The van der Waals surface area contributed by atoms with Crippen LogP contribution in [0.2, 0.25) is 10.2 Å². The third-order valence-corrected chi connectivity index (χ3v) is 2.95. The number of hydrogen-bond acceptors (Lipinski definition) is 4. The maximum atomic E-state index is 12.2. The van der Waals surface area contributed by atoms with Crippen LogP contribution in [-0.2, 0) is 0 Å². The zero-order valence-corrected chi connectivity index (χ0v) is 13.4. The van der Waals surface area contributed by atoms with Crippen LogP contribution in [0.4, 0.5) is 29.6 Å². The van der Waals surface area contributed by atoms with Gasteiger partial charge in [0.2, 0.25) is 5.95 Å². The molecule has 2 N–H and O–H groups in total. The SMILES string of the molecule is Cc1cc(Cl)nc(NC(=O)Nc2ccc(OC(F)(F)F)c(Cl)c2)n1. The summed E-state index contributed by atoms with van der Waals surface area (Å²) in [5, 5.41) is 4.53. The molecule has 11 heteroatoms. The van der Waals surface area contributed by atoms with E-state index in [1.165, 1.54) is 12.1 Å². The van der Waals surface area contributed by atoms with Gasteiger partial charge in [-0.2, -0.15) is 0 Å². The summed E-state index contributed by atoms with van der Waals surface area (Å²) in [6.45, 7) is 1.66. The Morgan fingerprint density at radius 2 is 1.88 bits per heavy atom. The Bertz CT molecular complexity index is 751. The quantitative estimate of drug-likeness (QED) is 0.760. The Morgan fingerprint density at radius 1 is 1.17 bits per heavy atom. The molecule has 24 heavy (non-hydrogen) atoms. The van der Waals surface area contributed by atoms with Gasteiger partial charge in [-0.25, -0.2) is 14.8 Å². The van der Waals surface area contributed by atoms with Crippen LogP contribution in [-0.4, -0.2) is 22.4 Å². The molecule has 1 aromatic heterocycles. The van der Waals surface area contributed by atoms with Crippen molar-refractivity contribution in [2.75, 3.05) is 10.6 Å². The number of aryl methyl sites for hydroxylation is 1. The van der Waals surface area contributed by atoms with Gasteiger partial charge in [0.15, 0.2) is 0 Å². The molecular weight excluding hydrogens is 372 g/mol. The molecule has 0 radical (unpaired) electrons. The topological polar surface area (TPSA) is 76.1 Å². The minimum Gasteiger partial charge on any atom is -0.404 e. The summed E-state index contributed by atoms with van der Waals surface area (Å²) >= 11 is 11.4. The molecule has 128 valence electrons. The summed E-state index contributed by atoms with van der Waals surface area (Å²) in [6, 6.07) is 4.05. The third kappa shape index (κ3) is 5.43. The molecule has 0 unspecified atom stereocenters. The van der Waals surface area contributed by atoms with E-state index in [0.29, 0.717) is 5.69 Å². The van der Waals surface area contributed by atoms with Crippen molar-refractivity contribution in [1.82, 2.24) is 9.97 Å². The van der Waals surface area contributed by atoms with Crippen molar-refractivity contribution in [3.8, 4) is 5.75 Å². The number of ether oxygens (including phenoxy) is 1. The summed E-state index contributed by atoms with van der Waals surface area (Å²) in [6.07, 6.45) is -4.86. The lowest BCUT2D eigenvalue weighted by molar-refractivity contribution is -0.274. The first-order valence-electron chi connectivity index (χ1n) is 6.27. The average Bonchev–Trinajstić information content (AvgIpc) is 2.39. The number of alkyl halides is 3. The van der Waals surface area contributed by atoms with Gasteiger partial charge in [0.25, 0.3) is 0 Å². The van der Waals surface area contributed by atoms with E-state index in [-0.39, 0.29) is 21.8 Å². The van der Waals surface area contributed by atoms with Crippen LogP contribution in [0.15, 0.2) is 24.3 Å². The van der Waals surface area contributed by atoms with Crippen molar-refractivity contribution < 1.29 is 22.7 Å². The number of rotatable bonds is 3. The lowest BCUT2D eigenvalue weighted by Gasteiger charge is -2.12. The molecule has 1 aromatic carbocycles. The molecule has 0 fully saturated rings. The van der Waals surface area contributed by atoms with E-state index in [4.69, 9.17) is 23.2 Å². The van der Waals surface area contributed by atoms with Crippen LogP contribution in [0.1, 0.15) is 5.69 Å². The maximum absolute atomic E-state index is 12.2. The number of nitrogens with one attached hydrogen (secondary N) is 2. The Kier molecular flexibility index (Phi) is 5.35. The first kappa shape index (κ1) is 18.1. The van der Waals surface area contributed by atoms with Crippen LogP contribution < -0.4 is 15.4 Å². The van der Waals surface area contributed by atoms with Crippen molar-refractivity contribution in [2.45, 2.75) is 13.3 Å². The van der Waals surface area contributed by atoms with E-state index >= 15 is 0 Å². The highest BCUT2D eigenvalue weighted by Crippen LogP contribution is 2.32. The Hall–Kier alpha value is -2.26. The van der Waals surface area contributed by atoms with Gasteiger partial charge in [-0.05, 0) is 31.2 Å². The summed E-state index contributed by atoms with van der Waals surface area (Å²) in [4.78, 5) is 19.6. The molecule has 0 bridgehead atoms. The molecule has 2 rings (SSSR count). The van der Waals surface area contributed by atoms with Crippen molar-refractivity contribution in [2.24, 2.45) is 0 Å². The van der Waals surface area contributed by atoms with Crippen molar-refractivity contribution >= 4 is 40.9 Å². The molecule has 1 heterocycles. The number of aromatic nitrogens is 2. The third-order valence-electron chi connectivity index (χ3n) is 2.46. The van der Waals surface area contributed by atoms with Crippen LogP contribution in [0.3, 0.4) is 0 Å². The molecule has 0 saturated heterocycles. The molecule has 0 aliphatic heterocycles. The first-order chi connectivity index (χ1) is 11.1. The fourth-order valence-electron chi connectivity index (χ4n) is 1.64. The molecule has 0 saturated carbocycles. The minimum atomic E-state index is -4.86. The van der Waals surface area contributed by atoms with E-state index in [1.54, 1.807) is 6.92 Å². The van der Waals surface area contributed by atoms with Crippen molar-refractivity contribution in [3.63, 3.8) is 0 Å². The zero-order valence-electron chi connectivity index (χ0n) is 11.9. The normalized spacial score (nSPS) is 11.1. The summed E-state index contributed by atoms with van der Waals surface area (Å²) < 4.78 is 40.2. The highest BCUT2D eigenvalue weighted by Gasteiger charge is 2.32. The average molecular weight is 381 g/mol. The van der Waals surface area contributed by atoms with Crippen molar-refractivity contribution in [3.05, 3.63) is 40.1 Å². The Morgan fingerprint density at radius 3 is 2.46 bits per heavy atom. The van der Waals surface area contributed by atoms with Gasteiger partial charge in [-0.1, -0.05) is 23.2 Å². The predicted molar refractivity (Wildman–Crippen MR) is 82.6 cm³/mol. The van der Waals surface area contributed by atoms with Gasteiger partial charge in [-0.15, -0.1) is 13.2 Å². The van der Waals surface area contributed by atoms with E-state index in [1.807, 2.05) is 0 Å². The lowest BCUT2D eigenvalue weighted by Crippen LogP contribution is -2.21. The Labute approximate surface area is 144 Å². The number of anilines is 2. The monoisotopic (exact) mass is 380 g/mol. The van der Waals surface area contributed by atoms with Crippen LogP contribution >= 0.6 is 23.2 Å². The molecule has 2 amide bonds. The second kappa shape index (κ2) is 7.10. The zero-order chi connectivity index (χ0) is 17.9. The molecule has 6 nitrogen and oxygen atoms in total. The van der Waals surface area contributed by atoms with Crippen LogP contribution in [0.25, 0.3) is 0 Å². The standard InChI is InChI=1S/C13H9Cl2F3N4O2/c1-6-4-10(15)21-11(19-6)22-12(23)20-7-2-3-9(8(14)5-7)24-13(16,17)18/h2-5H,1H3,(H2,19,20,21,22,23). The fraction of sp³-hybridized carbons (Fsp3) is 0.154. The van der Waals surface area contributed by atoms with Gasteiger partial charge in [0.05, 0.1) is 5.02 Å². The highest BCUT2D eigenvalue weighted by atomic mass is 35.5. The second-order valence-corrected chi connectivity index (χ2v) is 5.22.